The van der Waals surface area contributed by atoms with Crippen molar-refractivity contribution in [2.45, 2.75) is 19.9 Å². The van der Waals surface area contributed by atoms with Crippen LogP contribution in [0.2, 0.25) is 0 Å². The lowest BCUT2D eigenvalue weighted by molar-refractivity contribution is -0.384. The van der Waals surface area contributed by atoms with Crippen LogP contribution in [0.5, 0.6) is 11.5 Å². The molecule has 0 radical (unpaired) electrons. The first kappa shape index (κ1) is 24.6. The van der Waals surface area contributed by atoms with Crippen LogP contribution < -0.4 is 14.4 Å². The van der Waals surface area contributed by atoms with Crippen molar-refractivity contribution in [2.75, 3.05) is 18.1 Å². The van der Waals surface area contributed by atoms with Gasteiger partial charge in [-0.15, -0.1) is 0 Å². The van der Waals surface area contributed by atoms with Gasteiger partial charge in [0.15, 0.2) is 16.6 Å². The molecule has 11 heteroatoms. The average Bonchev–Trinajstić information content (AvgIpc) is 3.46. The maximum absolute atomic E-state index is 13.5. The second kappa shape index (κ2) is 9.21. The molecule has 6 rings (SSSR count). The molecule has 0 aliphatic carbocycles. The summed E-state index contributed by atoms with van der Waals surface area (Å²) in [5, 5.41) is 23.3. The molecule has 10 nitrogen and oxygen atoms in total. The standard InChI is InChI=1S/C28H21N3O7S/c1-14-10-15(2)23-21(11-14)39-28(29-23)30-24(16-4-3-5-18(12-16)31(35)36)22(26(33)27(30)34)25(32)17-6-7-19-20(13-17)38-9-8-37-19/h3-7,10-13,24,32H,8-9H2,1-2H3/t24-/m0/s1. The second-order valence-electron chi connectivity index (χ2n) is 9.30. The van der Waals surface area contributed by atoms with Crippen LogP contribution in [-0.2, 0) is 9.59 Å². The van der Waals surface area contributed by atoms with E-state index in [1.165, 1.54) is 40.5 Å². The maximum Gasteiger partial charge on any atom is 0.301 e. The summed E-state index contributed by atoms with van der Waals surface area (Å²) in [6, 6.07) is 13.1. The first-order valence-electron chi connectivity index (χ1n) is 12.1. The SMILES string of the molecule is Cc1cc(C)c2nc(N3C(=O)C(=O)C(=C(O)c4ccc5c(c4)OCCO5)[C@@H]3c3cccc([N+](=O)[O-])c3)sc2c1. The van der Waals surface area contributed by atoms with E-state index in [1.54, 1.807) is 18.2 Å². The number of amides is 1. The Morgan fingerprint density at radius 2 is 1.85 bits per heavy atom. The van der Waals surface area contributed by atoms with E-state index in [4.69, 9.17) is 9.47 Å². The van der Waals surface area contributed by atoms with Gasteiger partial charge in [-0.25, -0.2) is 4.98 Å². The van der Waals surface area contributed by atoms with Crippen molar-refractivity contribution in [1.82, 2.24) is 4.98 Å². The van der Waals surface area contributed by atoms with Crippen molar-refractivity contribution in [3.8, 4) is 11.5 Å². The number of aliphatic hydroxyl groups excluding tert-OH is 1. The minimum absolute atomic E-state index is 0.204. The number of ether oxygens (including phenoxy) is 2. The highest BCUT2D eigenvalue weighted by atomic mass is 32.1. The van der Waals surface area contributed by atoms with E-state index in [9.17, 15) is 24.8 Å². The van der Waals surface area contributed by atoms with Gasteiger partial charge in [0.05, 0.1) is 26.8 Å². The lowest BCUT2D eigenvalue weighted by atomic mass is 9.95. The average molecular weight is 544 g/mol. The summed E-state index contributed by atoms with van der Waals surface area (Å²) >= 11 is 1.23. The summed E-state index contributed by atoms with van der Waals surface area (Å²) in [6.07, 6.45) is 0. The number of anilines is 1. The van der Waals surface area contributed by atoms with Crippen molar-refractivity contribution in [3.63, 3.8) is 0 Å². The van der Waals surface area contributed by atoms with Crippen LogP contribution >= 0.6 is 11.3 Å². The number of non-ortho nitro benzene ring substituents is 1. The molecule has 1 atom stereocenters. The van der Waals surface area contributed by atoms with E-state index in [-0.39, 0.29) is 27.5 Å². The molecule has 1 aromatic heterocycles. The lowest BCUT2D eigenvalue weighted by Gasteiger charge is -2.23. The molecule has 3 heterocycles. The smallest absolute Gasteiger partial charge is 0.301 e. The Morgan fingerprint density at radius 3 is 2.62 bits per heavy atom. The molecular weight excluding hydrogens is 522 g/mol. The number of Topliss-reactive ketones (excluding diaryl/α,β-unsaturated/α-hetero) is 1. The molecule has 196 valence electrons. The maximum atomic E-state index is 13.5. The zero-order valence-corrected chi connectivity index (χ0v) is 21.7. The fraction of sp³-hybridized carbons (Fsp3) is 0.179. The van der Waals surface area contributed by atoms with Gasteiger partial charge in [-0.05, 0) is 54.8 Å². The lowest BCUT2D eigenvalue weighted by Crippen LogP contribution is -2.29. The van der Waals surface area contributed by atoms with Gasteiger partial charge in [0.2, 0.25) is 0 Å². The van der Waals surface area contributed by atoms with Crippen LogP contribution in [0, 0.1) is 24.0 Å². The Balaban J connectivity index is 1.57. The molecule has 39 heavy (non-hydrogen) atoms. The van der Waals surface area contributed by atoms with Crippen LogP contribution in [0.3, 0.4) is 0 Å². The van der Waals surface area contributed by atoms with Crippen molar-refractivity contribution in [2.24, 2.45) is 0 Å². The number of benzene rings is 3. The third kappa shape index (κ3) is 4.07. The number of hydrogen-bond donors (Lipinski definition) is 1. The molecular formula is C28H21N3O7S. The van der Waals surface area contributed by atoms with Crippen molar-refractivity contribution in [3.05, 3.63) is 92.5 Å². The van der Waals surface area contributed by atoms with Crippen LogP contribution in [0.1, 0.15) is 28.3 Å². The fourth-order valence-corrected chi connectivity index (χ4v) is 6.13. The van der Waals surface area contributed by atoms with Crippen LogP contribution in [-0.4, -0.2) is 39.9 Å². The third-order valence-corrected chi connectivity index (χ3v) is 7.68. The molecule has 0 saturated carbocycles. The van der Waals surface area contributed by atoms with Crippen molar-refractivity contribution < 1.29 is 29.1 Å². The summed E-state index contributed by atoms with van der Waals surface area (Å²) in [7, 11) is 0. The van der Waals surface area contributed by atoms with Crippen LogP contribution in [0.25, 0.3) is 16.0 Å². The van der Waals surface area contributed by atoms with E-state index in [0.29, 0.717) is 30.2 Å². The summed E-state index contributed by atoms with van der Waals surface area (Å²) in [6.45, 7) is 4.57. The van der Waals surface area contributed by atoms with Gasteiger partial charge < -0.3 is 14.6 Å². The number of fused-ring (bicyclic) bond motifs is 2. The van der Waals surface area contributed by atoms with E-state index < -0.39 is 28.4 Å². The Labute approximate surface area is 225 Å². The quantitative estimate of drug-likeness (QED) is 0.122. The number of ketones is 1. The Morgan fingerprint density at radius 1 is 1.08 bits per heavy atom. The van der Waals surface area contributed by atoms with E-state index >= 15 is 0 Å². The van der Waals surface area contributed by atoms with E-state index in [2.05, 4.69) is 4.98 Å². The van der Waals surface area contributed by atoms with Gasteiger partial charge in [0.1, 0.15) is 19.0 Å². The zero-order chi connectivity index (χ0) is 27.4. The Hall–Kier alpha value is -4.77. The molecule has 1 N–H and O–H groups in total. The number of rotatable bonds is 4. The number of aliphatic hydroxyl groups is 1. The number of carbonyl (C=O) groups excluding carboxylic acids is 2. The predicted octanol–water partition coefficient (Wildman–Crippen LogP) is 5.22. The summed E-state index contributed by atoms with van der Waals surface area (Å²) in [5.41, 5.74) is 2.72. The second-order valence-corrected chi connectivity index (χ2v) is 10.3. The van der Waals surface area contributed by atoms with Gasteiger partial charge in [0, 0.05) is 17.7 Å². The van der Waals surface area contributed by atoms with Crippen molar-refractivity contribution in [1.29, 1.82) is 0 Å². The number of nitro benzene ring substituents is 1. The number of aromatic nitrogens is 1. The van der Waals surface area contributed by atoms with Gasteiger partial charge in [-0.3, -0.25) is 24.6 Å². The largest absolute Gasteiger partial charge is 0.507 e. The molecule has 2 aliphatic heterocycles. The molecule has 3 aromatic carbocycles. The molecule has 0 bridgehead atoms. The monoisotopic (exact) mass is 543 g/mol. The van der Waals surface area contributed by atoms with Gasteiger partial charge in [0.25, 0.3) is 11.5 Å². The zero-order valence-electron chi connectivity index (χ0n) is 20.8. The molecule has 1 amide bonds. The number of thiazole rings is 1. The van der Waals surface area contributed by atoms with Crippen LogP contribution in [0.4, 0.5) is 10.8 Å². The molecule has 2 aliphatic rings. The summed E-state index contributed by atoms with van der Waals surface area (Å²) < 4.78 is 12.0. The van der Waals surface area contributed by atoms with Crippen LogP contribution in [0.15, 0.2) is 60.2 Å². The van der Waals surface area contributed by atoms with E-state index in [1.807, 2.05) is 26.0 Å². The van der Waals surface area contributed by atoms with Gasteiger partial charge >= 0.3 is 5.91 Å². The predicted molar refractivity (Wildman–Crippen MR) is 144 cm³/mol. The summed E-state index contributed by atoms with van der Waals surface area (Å²) in [5.74, 6) is -1.36. The number of nitrogens with zero attached hydrogens (tertiary/aromatic N) is 3. The van der Waals surface area contributed by atoms with Gasteiger partial charge in [-0.2, -0.15) is 0 Å². The first-order chi connectivity index (χ1) is 18.7. The highest BCUT2D eigenvalue weighted by molar-refractivity contribution is 7.22. The van der Waals surface area contributed by atoms with Gasteiger partial charge in [-0.1, -0.05) is 29.5 Å². The Kier molecular flexibility index (Phi) is 5.80. The topological polar surface area (TPSA) is 132 Å². The summed E-state index contributed by atoms with van der Waals surface area (Å²) in [4.78, 5) is 43.9. The molecule has 0 spiro atoms. The highest BCUT2D eigenvalue weighted by Crippen LogP contribution is 2.46. The normalized spacial score (nSPS) is 18.1. The fourth-order valence-electron chi connectivity index (χ4n) is 4.96. The van der Waals surface area contributed by atoms with Crippen molar-refractivity contribution >= 4 is 49.8 Å². The van der Waals surface area contributed by atoms with E-state index in [0.717, 1.165) is 15.8 Å². The third-order valence-electron chi connectivity index (χ3n) is 6.68. The molecule has 4 aromatic rings. The number of aryl methyl sites for hydroxylation is 2. The first-order valence-corrected chi connectivity index (χ1v) is 12.9. The molecule has 1 fully saturated rings. The number of nitro groups is 1. The minimum Gasteiger partial charge on any atom is -0.507 e. The minimum atomic E-state index is -1.15. The molecule has 0 unspecified atom stereocenters. The molecule has 1 saturated heterocycles. The highest BCUT2D eigenvalue weighted by Gasteiger charge is 2.48. The number of carbonyl (C=O) groups is 2. The number of hydrogen-bond acceptors (Lipinski definition) is 9. The Bertz CT molecular complexity index is 1740.